The molecule has 0 aliphatic heterocycles. The maximum absolute atomic E-state index is 9.06. The minimum atomic E-state index is 0.579. The lowest BCUT2D eigenvalue weighted by Gasteiger charge is -2.03. The van der Waals surface area contributed by atoms with E-state index in [9.17, 15) is 0 Å². The molecule has 1 heterocycles. The summed E-state index contributed by atoms with van der Waals surface area (Å²) in [6, 6.07) is 15.5. The standard InChI is InChI=1S/C16H15N5/c17-10-12-2-1-3-14-15(12)21-16(20-14)19-9-8-11-4-6-13(18)7-5-11/h1-7H,8-9,18H2,(H2,19,20,21). The van der Waals surface area contributed by atoms with Crippen molar-refractivity contribution in [1.29, 1.82) is 5.26 Å². The molecular weight excluding hydrogens is 262 g/mol. The number of nitrogens with one attached hydrogen (secondary N) is 2. The second-order valence-corrected chi connectivity index (χ2v) is 4.82. The van der Waals surface area contributed by atoms with E-state index in [0.717, 1.165) is 24.2 Å². The lowest BCUT2D eigenvalue weighted by molar-refractivity contribution is 1.000. The van der Waals surface area contributed by atoms with Crippen LogP contribution in [0.4, 0.5) is 11.6 Å². The number of hydrogen-bond acceptors (Lipinski definition) is 4. The van der Waals surface area contributed by atoms with E-state index in [-0.39, 0.29) is 0 Å². The van der Waals surface area contributed by atoms with Gasteiger partial charge >= 0.3 is 0 Å². The Hall–Kier alpha value is -3.00. The molecule has 2 aromatic carbocycles. The second-order valence-electron chi connectivity index (χ2n) is 4.82. The number of nitrogens with two attached hydrogens (primary N) is 1. The maximum atomic E-state index is 9.06. The number of hydrogen-bond donors (Lipinski definition) is 3. The normalized spacial score (nSPS) is 10.4. The highest BCUT2D eigenvalue weighted by atomic mass is 15.1. The largest absolute Gasteiger partial charge is 0.399 e. The SMILES string of the molecule is N#Cc1cccc2[nH]c(NCCc3ccc(N)cc3)nc12. The molecule has 0 aliphatic carbocycles. The summed E-state index contributed by atoms with van der Waals surface area (Å²) in [5.41, 5.74) is 9.79. The van der Waals surface area contributed by atoms with Crippen LogP contribution >= 0.6 is 0 Å². The fourth-order valence-corrected chi connectivity index (χ4v) is 2.22. The first-order valence-corrected chi connectivity index (χ1v) is 6.73. The molecule has 0 atom stereocenters. The summed E-state index contributed by atoms with van der Waals surface area (Å²) in [4.78, 5) is 7.59. The molecule has 0 aliphatic rings. The van der Waals surface area contributed by atoms with Crippen molar-refractivity contribution in [1.82, 2.24) is 9.97 Å². The topological polar surface area (TPSA) is 90.5 Å². The molecule has 5 nitrogen and oxygen atoms in total. The monoisotopic (exact) mass is 277 g/mol. The van der Waals surface area contributed by atoms with Crippen molar-refractivity contribution in [2.24, 2.45) is 0 Å². The van der Waals surface area contributed by atoms with Gasteiger partial charge < -0.3 is 16.0 Å². The number of rotatable bonds is 4. The van der Waals surface area contributed by atoms with Gasteiger partial charge in [0.1, 0.15) is 11.6 Å². The first-order valence-electron chi connectivity index (χ1n) is 6.73. The van der Waals surface area contributed by atoms with E-state index in [4.69, 9.17) is 11.0 Å². The minimum absolute atomic E-state index is 0.579. The van der Waals surface area contributed by atoms with Gasteiger partial charge in [-0.3, -0.25) is 0 Å². The molecule has 1 aromatic heterocycles. The van der Waals surface area contributed by atoms with E-state index in [1.165, 1.54) is 5.56 Å². The second kappa shape index (κ2) is 5.55. The van der Waals surface area contributed by atoms with Gasteiger partial charge in [0.05, 0.1) is 11.1 Å². The number of anilines is 2. The van der Waals surface area contributed by atoms with Crippen molar-refractivity contribution in [3.8, 4) is 6.07 Å². The van der Waals surface area contributed by atoms with Crippen molar-refractivity contribution in [2.75, 3.05) is 17.6 Å². The van der Waals surface area contributed by atoms with Gasteiger partial charge in [-0.25, -0.2) is 4.98 Å². The Labute approximate surface area is 122 Å². The minimum Gasteiger partial charge on any atom is -0.399 e. The molecule has 0 spiro atoms. The van der Waals surface area contributed by atoms with Crippen LogP contribution in [0.1, 0.15) is 11.1 Å². The number of nitrogens with zero attached hydrogens (tertiary/aromatic N) is 2. The Bertz CT molecular complexity index is 796. The lowest BCUT2D eigenvalue weighted by atomic mass is 10.1. The fraction of sp³-hybridized carbons (Fsp3) is 0.125. The fourth-order valence-electron chi connectivity index (χ4n) is 2.22. The molecule has 3 rings (SSSR count). The summed E-state index contributed by atoms with van der Waals surface area (Å²) in [7, 11) is 0. The highest BCUT2D eigenvalue weighted by Gasteiger charge is 2.06. The van der Waals surface area contributed by atoms with Crippen LogP contribution in [-0.2, 0) is 6.42 Å². The summed E-state index contributed by atoms with van der Waals surface area (Å²) in [6.07, 6.45) is 0.877. The van der Waals surface area contributed by atoms with Gasteiger partial charge in [-0.15, -0.1) is 0 Å². The zero-order valence-corrected chi connectivity index (χ0v) is 11.4. The molecule has 5 heteroatoms. The van der Waals surface area contributed by atoms with Crippen molar-refractivity contribution in [2.45, 2.75) is 6.42 Å². The van der Waals surface area contributed by atoms with Gasteiger partial charge in [-0.1, -0.05) is 18.2 Å². The van der Waals surface area contributed by atoms with Crippen molar-refractivity contribution in [3.63, 3.8) is 0 Å². The van der Waals surface area contributed by atoms with Gasteiger partial charge in [0.25, 0.3) is 0 Å². The summed E-state index contributed by atoms with van der Waals surface area (Å²) >= 11 is 0. The zero-order chi connectivity index (χ0) is 14.7. The number of para-hydroxylation sites is 1. The molecule has 0 amide bonds. The Balaban J connectivity index is 1.68. The Morgan fingerprint density at radius 2 is 2.00 bits per heavy atom. The van der Waals surface area contributed by atoms with Gasteiger partial charge in [0, 0.05) is 12.2 Å². The summed E-state index contributed by atoms with van der Waals surface area (Å²) in [5, 5.41) is 12.3. The molecule has 0 bridgehead atoms. The van der Waals surface area contributed by atoms with Gasteiger partial charge in [0.2, 0.25) is 5.95 Å². The molecule has 0 saturated carbocycles. The van der Waals surface area contributed by atoms with E-state index in [1.807, 2.05) is 36.4 Å². The number of aromatic nitrogens is 2. The smallest absolute Gasteiger partial charge is 0.201 e. The molecule has 0 unspecified atom stereocenters. The molecular formula is C16H15N5. The van der Waals surface area contributed by atoms with Gasteiger partial charge in [0.15, 0.2) is 0 Å². The van der Waals surface area contributed by atoms with E-state index in [2.05, 4.69) is 21.4 Å². The quantitative estimate of drug-likeness (QED) is 0.639. The average molecular weight is 277 g/mol. The number of imidazole rings is 1. The van der Waals surface area contributed by atoms with Crippen LogP contribution in [-0.4, -0.2) is 16.5 Å². The Morgan fingerprint density at radius 1 is 1.19 bits per heavy atom. The van der Waals surface area contributed by atoms with E-state index in [1.54, 1.807) is 6.07 Å². The molecule has 0 fully saturated rings. The summed E-state index contributed by atoms with van der Waals surface area (Å²) in [5.74, 6) is 0.683. The predicted molar refractivity (Wildman–Crippen MR) is 83.9 cm³/mol. The third-order valence-electron chi connectivity index (χ3n) is 3.32. The average Bonchev–Trinajstić information content (AvgIpc) is 2.92. The molecule has 0 saturated heterocycles. The van der Waals surface area contributed by atoms with Crippen LogP contribution in [0.2, 0.25) is 0 Å². The number of nitriles is 1. The van der Waals surface area contributed by atoms with E-state index in [0.29, 0.717) is 17.0 Å². The Morgan fingerprint density at radius 3 is 2.76 bits per heavy atom. The number of aromatic amines is 1. The van der Waals surface area contributed by atoms with Gasteiger partial charge in [-0.2, -0.15) is 5.26 Å². The first-order chi connectivity index (χ1) is 10.3. The molecule has 4 N–H and O–H groups in total. The third kappa shape index (κ3) is 2.79. The molecule has 104 valence electrons. The van der Waals surface area contributed by atoms with Crippen LogP contribution in [0, 0.1) is 11.3 Å². The molecule has 21 heavy (non-hydrogen) atoms. The van der Waals surface area contributed by atoms with E-state index >= 15 is 0 Å². The third-order valence-corrected chi connectivity index (χ3v) is 3.32. The predicted octanol–water partition coefficient (Wildman–Crippen LogP) is 2.67. The zero-order valence-electron chi connectivity index (χ0n) is 11.4. The van der Waals surface area contributed by atoms with E-state index < -0.39 is 0 Å². The highest BCUT2D eigenvalue weighted by Crippen LogP contribution is 2.17. The molecule has 0 radical (unpaired) electrons. The van der Waals surface area contributed by atoms with Crippen molar-refractivity contribution >= 4 is 22.7 Å². The first kappa shape index (κ1) is 13.0. The summed E-state index contributed by atoms with van der Waals surface area (Å²) < 4.78 is 0. The van der Waals surface area contributed by atoms with Crippen LogP contribution in [0.3, 0.4) is 0 Å². The number of nitrogen functional groups attached to an aromatic ring is 1. The summed E-state index contributed by atoms with van der Waals surface area (Å²) in [6.45, 7) is 0.756. The van der Waals surface area contributed by atoms with Crippen LogP contribution in [0.15, 0.2) is 42.5 Å². The maximum Gasteiger partial charge on any atom is 0.201 e. The van der Waals surface area contributed by atoms with Gasteiger partial charge in [-0.05, 0) is 36.2 Å². The van der Waals surface area contributed by atoms with Crippen LogP contribution in [0.25, 0.3) is 11.0 Å². The van der Waals surface area contributed by atoms with Crippen LogP contribution in [0.5, 0.6) is 0 Å². The number of benzene rings is 2. The van der Waals surface area contributed by atoms with Crippen LogP contribution < -0.4 is 11.1 Å². The van der Waals surface area contributed by atoms with Crippen molar-refractivity contribution in [3.05, 3.63) is 53.6 Å². The number of fused-ring (bicyclic) bond motifs is 1. The lowest BCUT2D eigenvalue weighted by Crippen LogP contribution is -2.06. The molecule has 3 aromatic rings. The van der Waals surface area contributed by atoms with Crippen molar-refractivity contribution < 1.29 is 0 Å². The highest BCUT2D eigenvalue weighted by molar-refractivity contribution is 5.83. The Kier molecular flexibility index (Phi) is 3.44. The number of H-pyrrole nitrogens is 1.